The van der Waals surface area contributed by atoms with Gasteiger partial charge in [0.2, 0.25) is 15.9 Å². The van der Waals surface area contributed by atoms with E-state index in [4.69, 9.17) is 0 Å². The molecule has 2 aromatic rings. The van der Waals surface area contributed by atoms with Crippen LogP contribution in [0.3, 0.4) is 0 Å². The second-order valence-electron chi connectivity index (χ2n) is 5.38. The summed E-state index contributed by atoms with van der Waals surface area (Å²) in [5, 5.41) is 6.78. The third-order valence-corrected chi connectivity index (χ3v) is 5.61. The van der Waals surface area contributed by atoms with E-state index in [1.54, 1.807) is 43.1 Å². The molecule has 0 saturated carbocycles. The first kappa shape index (κ1) is 18.2. The molecular formula is C16H22N4O3S. The molecule has 2 rings (SSSR count). The van der Waals surface area contributed by atoms with Gasteiger partial charge in [0.25, 0.3) is 0 Å². The number of aryl methyl sites for hydroxylation is 1. The lowest BCUT2D eigenvalue weighted by Crippen LogP contribution is -2.30. The fourth-order valence-corrected chi connectivity index (χ4v) is 3.78. The molecule has 0 aliphatic heterocycles. The van der Waals surface area contributed by atoms with Crippen LogP contribution < -0.4 is 5.32 Å². The molecule has 0 saturated heterocycles. The Bertz CT molecular complexity index is 793. The number of amides is 1. The van der Waals surface area contributed by atoms with Crippen molar-refractivity contribution in [3.63, 3.8) is 0 Å². The first-order valence-electron chi connectivity index (χ1n) is 7.76. The summed E-state index contributed by atoms with van der Waals surface area (Å²) in [7, 11) is -3.49. The molecule has 24 heavy (non-hydrogen) atoms. The van der Waals surface area contributed by atoms with Gasteiger partial charge in [-0.25, -0.2) is 8.42 Å². The number of hydrogen-bond acceptors (Lipinski definition) is 4. The van der Waals surface area contributed by atoms with E-state index in [0.717, 1.165) is 5.56 Å². The minimum atomic E-state index is -3.49. The molecule has 0 atom stereocenters. The van der Waals surface area contributed by atoms with Gasteiger partial charge in [-0.3, -0.25) is 9.48 Å². The van der Waals surface area contributed by atoms with Crippen LogP contribution in [-0.2, 0) is 21.4 Å². The first-order valence-corrected chi connectivity index (χ1v) is 9.20. The summed E-state index contributed by atoms with van der Waals surface area (Å²) in [5.74, 6) is -0.225. The molecular weight excluding hydrogens is 328 g/mol. The van der Waals surface area contributed by atoms with Crippen LogP contribution in [-0.4, -0.2) is 41.5 Å². The van der Waals surface area contributed by atoms with Crippen LogP contribution in [0.2, 0.25) is 0 Å². The van der Waals surface area contributed by atoms with E-state index in [2.05, 4.69) is 10.4 Å². The molecule has 0 aliphatic rings. The lowest BCUT2D eigenvalue weighted by Gasteiger charge is -2.18. The van der Waals surface area contributed by atoms with Crippen LogP contribution in [0.1, 0.15) is 19.4 Å². The van der Waals surface area contributed by atoms with Gasteiger partial charge in [0, 0.05) is 25.0 Å². The second-order valence-corrected chi connectivity index (χ2v) is 7.32. The van der Waals surface area contributed by atoms with Gasteiger partial charge in [-0.15, -0.1) is 0 Å². The third kappa shape index (κ3) is 4.21. The van der Waals surface area contributed by atoms with Crippen molar-refractivity contribution in [2.24, 2.45) is 0 Å². The molecule has 1 aromatic carbocycles. The molecule has 8 heteroatoms. The Morgan fingerprint density at radius 3 is 2.33 bits per heavy atom. The van der Waals surface area contributed by atoms with Gasteiger partial charge in [-0.1, -0.05) is 13.8 Å². The maximum atomic E-state index is 12.4. The Balaban J connectivity index is 2.05. The number of aromatic nitrogens is 2. The Kier molecular flexibility index (Phi) is 5.74. The van der Waals surface area contributed by atoms with E-state index < -0.39 is 10.0 Å². The topological polar surface area (TPSA) is 84.3 Å². The molecule has 0 radical (unpaired) electrons. The highest BCUT2D eigenvalue weighted by Gasteiger charge is 2.21. The van der Waals surface area contributed by atoms with Gasteiger partial charge < -0.3 is 5.32 Å². The van der Waals surface area contributed by atoms with Gasteiger partial charge in [-0.05, 0) is 36.8 Å². The summed E-state index contributed by atoms with van der Waals surface area (Å²) in [4.78, 5) is 12.2. The maximum absolute atomic E-state index is 12.4. The number of carbonyl (C=O) groups excluding carboxylic acids is 1. The molecule has 0 aliphatic carbocycles. The summed E-state index contributed by atoms with van der Waals surface area (Å²) >= 11 is 0. The molecule has 1 aromatic heterocycles. The summed E-state index contributed by atoms with van der Waals surface area (Å²) in [6, 6.07) is 6.17. The van der Waals surface area contributed by atoms with Crippen molar-refractivity contribution < 1.29 is 13.2 Å². The molecule has 1 N–H and O–H groups in total. The summed E-state index contributed by atoms with van der Waals surface area (Å²) < 4.78 is 27.7. The van der Waals surface area contributed by atoms with Crippen LogP contribution in [0.15, 0.2) is 41.6 Å². The lowest BCUT2D eigenvalue weighted by molar-refractivity contribution is -0.116. The minimum Gasteiger partial charge on any atom is -0.324 e. The minimum absolute atomic E-state index is 0.105. The van der Waals surface area contributed by atoms with Gasteiger partial charge in [-0.2, -0.15) is 9.40 Å². The van der Waals surface area contributed by atoms with Crippen LogP contribution in [0.5, 0.6) is 0 Å². The largest absolute Gasteiger partial charge is 0.324 e. The standard InChI is InChI=1S/C16H22N4O3S/c1-4-20(5-2)24(22,23)15-8-6-14(7-9-15)18-16(21)12-19-11-13(3)10-17-19/h6-11H,4-5,12H2,1-3H3,(H,18,21). The van der Waals surface area contributed by atoms with Gasteiger partial charge in [0.05, 0.1) is 11.1 Å². The van der Waals surface area contributed by atoms with Crippen molar-refractivity contribution in [2.75, 3.05) is 18.4 Å². The quantitative estimate of drug-likeness (QED) is 0.826. The van der Waals surface area contributed by atoms with E-state index in [0.29, 0.717) is 18.8 Å². The summed E-state index contributed by atoms with van der Waals surface area (Å²) in [6.45, 7) is 6.43. The van der Waals surface area contributed by atoms with Crippen molar-refractivity contribution in [3.05, 3.63) is 42.2 Å². The number of sulfonamides is 1. The van der Waals surface area contributed by atoms with E-state index >= 15 is 0 Å². The predicted octanol–water partition coefficient (Wildman–Crippen LogP) is 1.86. The Labute approximate surface area is 142 Å². The van der Waals surface area contributed by atoms with E-state index in [9.17, 15) is 13.2 Å². The van der Waals surface area contributed by atoms with Crippen LogP contribution in [0.25, 0.3) is 0 Å². The number of carbonyl (C=O) groups is 1. The van der Waals surface area contributed by atoms with Crippen molar-refractivity contribution in [2.45, 2.75) is 32.2 Å². The maximum Gasteiger partial charge on any atom is 0.246 e. The number of rotatable bonds is 7. The van der Waals surface area contributed by atoms with Crippen molar-refractivity contribution in [3.8, 4) is 0 Å². The highest BCUT2D eigenvalue weighted by molar-refractivity contribution is 7.89. The fourth-order valence-electron chi connectivity index (χ4n) is 2.32. The van der Waals surface area contributed by atoms with E-state index in [1.807, 2.05) is 6.92 Å². The molecule has 1 amide bonds. The Hall–Kier alpha value is -2.19. The number of hydrogen-bond donors (Lipinski definition) is 1. The lowest BCUT2D eigenvalue weighted by atomic mass is 10.3. The van der Waals surface area contributed by atoms with Crippen LogP contribution in [0.4, 0.5) is 5.69 Å². The zero-order chi connectivity index (χ0) is 17.7. The molecule has 0 unspecified atom stereocenters. The molecule has 0 spiro atoms. The second kappa shape index (κ2) is 7.59. The monoisotopic (exact) mass is 350 g/mol. The highest BCUT2D eigenvalue weighted by atomic mass is 32.2. The third-order valence-electron chi connectivity index (χ3n) is 3.55. The van der Waals surface area contributed by atoms with Gasteiger partial charge in [0.15, 0.2) is 0 Å². The molecule has 7 nitrogen and oxygen atoms in total. The SMILES string of the molecule is CCN(CC)S(=O)(=O)c1ccc(NC(=O)Cn2cc(C)cn2)cc1. The van der Waals surface area contributed by atoms with Crippen molar-refractivity contribution >= 4 is 21.6 Å². The average Bonchev–Trinajstić information content (AvgIpc) is 2.93. The zero-order valence-corrected chi connectivity index (χ0v) is 14.9. The number of nitrogens with zero attached hydrogens (tertiary/aromatic N) is 3. The predicted molar refractivity (Wildman–Crippen MR) is 92.1 cm³/mol. The van der Waals surface area contributed by atoms with E-state index in [-0.39, 0.29) is 17.3 Å². The van der Waals surface area contributed by atoms with Crippen molar-refractivity contribution in [1.29, 1.82) is 0 Å². The van der Waals surface area contributed by atoms with Crippen molar-refractivity contribution in [1.82, 2.24) is 14.1 Å². The van der Waals surface area contributed by atoms with Crippen LogP contribution in [0, 0.1) is 6.92 Å². The molecule has 1 heterocycles. The number of anilines is 1. The molecule has 0 bridgehead atoms. The Morgan fingerprint density at radius 1 is 1.21 bits per heavy atom. The number of benzene rings is 1. The Morgan fingerprint density at radius 2 is 1.83 bits per heavy atom. The normalized spacial score (nSPS) is 11.7. The van der Waals surface area contributed by atoms with Crippen LogP contribution >= 0.6 is 0 Å². The smallest absolute Gasteiger partial charge is 0.246 e. The number of nitrogens with one attached hydrogen (secondary N) is 1. The average molecular weight is 350 g/mol. The van der Waals surface area contributed by atoms with E-state index in [1.165, 1.54) is 16.4 Å². The fraction of sp³-hybridized carbons (Fsp3) is 0.375. The summed E-state index contributed by atoms with van der Waals surface area (Å²) in [5.41, 5.74) is 1.52. The molecule has 0 fully saturated rings. The summed E-state index contributed by atoms with van der Waals surface area (Å²) in [6.07, 6.45) is 3.46. The van der Waals surface area contributed by atoms with Gasteiger partial charge in [0.1, 0.15) is 6.54 Å². The van der Waals surface area contributed by atoms with Gasteiger partial charge >= 0.3 is 0 Å². The first-order chi connectivity index (χ1) is 11.4. The molecule has 130 valence electrons. The zero-order valence-electron chi connectivity index (χ0n) is 14.1. The highest BCUT2D eigenvalue weighted by Crippen LogP contribution is 2.18.